The maximum atomic E-state index is 13.0. The fourth-order valence-corrected chi connectivity index (χ4v) is 3.91. The maximum Gasteiger partial charge on any atom is 0.416 e. The summed E-state index contributed by atoms with van der Waals surface area (Å²) in [6.07, 6.45) is -8.90. The van der Waals surface area contributed by atoms with E-state index in [1.807, 2.05) is 60.7 Å². The van der Waals surface area contributed by atoms with Crippen LogP contribution >= 0.6 is 0 Å². The van der Waals surface area contributed by atoms with Gasteiger partial charge in [-0.2, -0.15) is 26.3 Å². The van der Waals surface area contributed by atoms with E-state index in [2.05, 4.69) is 10.6 Å². The molecule has 8 heteroatoms. The van der Waals surface area contributed by atoms with Crippen LogP contribution in [0.2, 0.25) is 0 Å². The monoisotopic (exact) mass is 500 g/mol. The fourth-order valence-electron chi connectivity index (χ4n) is 3.91. The Balaban J connectivity index is 1.72. The second kappa shape index (κ2) is 10.4. The van der Waals surface area contributed by atoms with Gasteiger partial charge >= 0.3 is 12.4 Å². The molecule has 0 aromatic heterocycles. The zero-order chi connectivity index (χ0) is 25.8. The highest BCUT2D eigenvalue weighted by molar-refractivity contribution is 5.52. The Labute approximate surface area is 204 Å². The predicted octanol–water partition coefficient (Wildman–Crippen LogP) is 8.73. The van der Waals surface area contributed by atoms with Gasteiger partial charge in [0, 0.05) is 11.4 Å². The van der Waals surface area contributed by atoms with Gasteiger partial charge in [-0.1, -0.05) is 60.7 Å². The molecule has 4 aromatic carbocycles. The van der Waals surface area contributed by atoms with Crippen LogP contribution in [0.15, 0.2) is 109 Å². The number of anilines is 2. The molecule has 186 valence electrons. The van der Waals surface area contributed by atoms with Crippen molar-refractivity contribution >= 4 is 11.4 Å². The van der Waals surface area contributed by atoms with Crippen LogP contribution < -0.4 is 10.6 Å². The highest BCUT2D eigenvalue weighted by Gasteiger charge is 2.32. The van der Waals surface area contributed by atoms with E-state index >= 15 is 0 Å². The lowest BCUT2D eigenvalue weighted by atomic mass is 9.92. The minimum atomic E-state index is -4.45. The average Bonchev–Trinajstić information content (AvgIpc) is 2.87. The van der Waals surface area contributed by atoms with Crippen LogP contribution in [0.1, 0.15) is 34.3 Å². The lowest BCUT2D eigenvalue weighted by molar-refractivity contribution is -0.138. The van der Waals surface area contributed by atoms with Gasteiger partial charge in [0.2, 0.25) is 0 Å². The first kappa shape index (κ1) is 25.2. The summed E-state index contributed by atoms with van der Waals surface area (Å²) < 4.78 is 78.2. The smallest absolute Gasteiger partial charge is 0.376 e. The molecule has 0 heterocycles. The Morgan fingerprint density at radius 3 is 1.00 bits per heavy atom. The van der Waals surface area contributed by atoms with Gasteiger partial charge in [-0.25, -0.2) is 0 Å². The summed E-state index contributed by atoms with van der Waals surface area (Å²) in [4.78, 5) is 0. The Hall–Kier alpha value is -3.94. The van der Waals surface area contributed by atoms with Gasteiger partial charge in [0.15, 0.2) is 0 Å². The van der Waals surface area contributed by atoms with Crippen LogP contribution in [0.3, 0.4) is 0 Å². The number of hydrogen-bond donors (Lipinski definition) is 2. The van der Waals surface area contributed by atoms with Crippen LogP contribution in [0.5, 0.6) is 0 Å². The first-order valence-electron chi connectivity index (χ1n) is 11.1. The number of rotatable bonds is 7. The number of halogens is 6. The molecule has 4 aromatic rings. The van der Waals surface area contributed by atoms with Gasteiger partial charge in [0.1, 0.15) is 0 Å². The Morgan fingerprint density at radius 1 is 0.417 bits per heavy atom. The summed E-state index contributed by atoms with van der Waals surface area (Å²) >= 11 is 0. The molecule has 4 rings (SSSR count). The molecule has 2 unspecified atom stereocenters. The molecule has 2 N–H and O–H groups in total. The second-order valence-electron chi connectivity index (χ2n) is 8.22. The molecule has 2 atom stereocenters. The van der Waals surface area contributed by atoms with Crippen LogP contribution in [-0.4, -0.2) is 0 Å². The molecule has 0 spiro atoms. The third-order valence-corrected chi connectivity index (χ3v) is 5.72. The molecule has 36 heavy (non-hydrogen) atoms. The fraction of sp³-hybridized carbons (Fsp3) is 0.143. The third-order valence-electron chi connectivity index (χ3n) is 5.72. The standard InChI is InChI=1S/C28H22F6N2/c29-27(30,31)21-11-15-23(16-12-21)35-25(19-7-3-1-4-8-19)26(20-9-5-2-6-10-20)36-24-17-13-22(14-18-24)28(32,33)34/h1-18,25-26,35-36H. The van der Waals surface area contributed by atoms with Gasteiger partial charge in [-0.3, -0.25) is 0 Å². The van der Waals surface area contributed by atoms with Gasteiger partial charge in [0.05, 0.1) is 23.2 Å². The molecule has 0 bridgehead atoms. The highest BCUT2D eigenvalue weighted by Crippen LogP contribution is 2.37. The summed E-state index contributed by atoms with van der Waals surface area (Å²) in [5.74, 6) is 0. The van der Waals surface area contributed by atoms with Crippen molar-refractivity contribution in [2.75, 3.05) is 10.6 Å². The quantitative estimate of drug-likeness (QED) is 0.248. The van der Waals surface area contributed by atoms with Gasteiger partial charge in [-0.05, 0) is 59.7 Å². The van der Waals surface area contributed by atoms with Crippen molar-refractivity contribution in [2.45, 2.75) is 24.4 Å². The molecule has 0 aliphatic rings. The van der Waals surface area contributed by atoms with Crippen molar-refractivity contribution in [3.8, 4) is 0 Å². The normalized spacial score (nSPS) is 13.6. The number of benzene rings is 4. The van der Waals surface area contributed by atoms with E-state index in [1.165, 1.54) is 24.3 Å². The van der Waals surface area contributed by atoms with E-state index in [4.69, 9.17) is 0 Å². The average molecular weight is 500 g/mol. The SMILES string of the molecule is FC(F)(F)c1ccc(NC(c2ccccc2)C(Nc2ccc(C(F)(F)F)cc2)c2ccccc2)cc1. The zero-order valence-corrected chi connectivity index (χ0v) is 18.8. The third kappa shape index (κ3) is 6.19. The molecule has 0 radical (unpaired) electrons. The molecule has 0 amide bonds. The Bertz CT molecular complexity index is 1130. The first-order chi connectivity index (χ1) is 17.1. The van der Waals surface area contributed by atoms with E-state index in [1.54, 1.807) is 0 Å². The maximum absolute atomic E-state index is 13.0. The van der Waals surface area contributed by atoms with E-state index in [9.17, 15) is 26.3 Å². The lowest BCUT2D eigenvalue weighted by Gasteiger charge is -2.31. The van der Waals surface area contributed by atoms with Gasteiger partial charge < -0.3 is 10.6 Å². The summed E-state index contributed by atoms with van der Waals surface area (Å²) in [6, 6.07) is 27.1. The van der Waals surface area contributed by atoms with Crippen molar-refractivity contribution < 1.29 is 26.3 Å². The largest absolute Gasteiger partial charge is 0.416 e. The molecule has 0 aliphatic carbocycles. The first-order valence-corrected chi connectivity index (χ1v) is 11.1. The van der Waals surface area contributed by atoms with E-state index in [-0.39, 0.29) is 0 Å². The van der Waals surface area contributed by atoms with E-state index in [0.717, 1.165) is 35.4 Å². The van der Waals surface area contributed by atoms with Crippen LogP contribution in [0, 0.1) is 0 Å². The van der Waals surface area contributed by atoms with Crippen molar-refractivity contribution in [3.63, 3.8) is 0 Å². The Morgan fingerprint density at radius 2 is 0.722 bits per heavy atom. The molecule has 0 aliphatic heterocycles. The molecule has 0 saturated heterocycles. The van der Waals surface area contributed by atoms with Gasteiger partial charge in [-0.15, -0.1) is 0 Å². The van der Waals surface area contributed by atoms with Crippen molar-refractivity contribution in [1.82, 2.24) is 0 Å². The second-order valence-corrected chi connectivity index (χ2v) is 8.22. The lowest BCUT2D eigenvalue weighted by Crippen LogP contribution is -2.25. The van der Waals surface area contributed by atoms with Crippen molar-refractivity contribution in [1.29, 1.82) is 0 Å². The number of hydrogen-bond acceptors (Lipinski definition) is 2. The van der Waals surface area contributed by atoms with Crippen LogP contribution in [-0.2, 0) is 12.4 Å². The van der Waals surface area contributed by atoms with Gasteiger partial charge in [0.25, 0.3) is 0 Å². The topological polar surface area (TPSA) is 24.1 Å². The molecular formula is C28H22F6N2. The number of alkyl halides is 6. The van der Waals surface area contributed by atoms with Crippen molar-refractivity contribution in [2.24, 2.45) is 0 Å². The molecule has 0 fully saturated rings. The summed E-state index contributed by atoms with van der Waals surface area (Å²) in [7, 11) is 0. The predicted molar refractivity (Wildman–Crippen MR) is 128 cm³/mol. The van der Waals surface area contributed by atoms with Crippen LogP contribution in [0.4, 0.5) is 37.7 Å². The minimum absolute atomic E-state index is 0.465. The zero-order valence-electron chi connectivity index (χ0n) is 18.8. The summed E-state index contributed by atoms with van der Waals surface area (Å²) in [5.41, 5.74) is 1.09. The van der Waals surface area contributed by atoms with E-state index < -0.39 is 35.6 Å². The summed E-state index contributed by atoms with van der Waals surface area (Å²) in [6.45, 7) is 0. The van der Waals surface area contributed by atoms with Crippen LogP contribution in [0.25, 0.3) is 0 Å². The molecule has 0 saturated carbocycles. The minimum Gasteiger partial charge on any atom is -0.376 e. The van der Waals surface area contributed by atoms with Crippen molar-refractivity contribution in [3.05, 3.63) is 131 Å². The molecule has 2 nitrogen and oxygen atoms in total. The summed E-state index contributed by atoms with van der Waals surface area (Å²) in [5, 5.41) is 6.64. The van der Waals surface area contributed by atoms with E-state index in [0.29, 0.717) is 11.4 Å². The Kier molecular flexibility index (Phi) is 7.24. The molecular weight excluding hydrogens is 478 g/mol. The highest BCUT2D eigenvalue weighted by atomic mass is 19.4. The number of nitrogens with one attached hydrogen (secondary N) is 2.